The fourth-order valence-electron chi connectivity index (χ4n) is 4.12. The molecule has 4 aromatic rings. The summed E-state index contributed by atoms with van der Waals surface area (Å²) in [7, 11) is 0. The SMILES string of the molecule is Cc1cc(-c2ccc(CNc3nccc4c3C=NC(c3cccc(F)c3)C4)cc2F)ccn1. The number of pyridine rings is 2. The third-order valence-corrected chi connectivity index (χ3v) is 5.81. The van der Waals surface area contributed by atoms with Crippen molar-refractivity contribution >= 4 is 12.0 Å². The van der Waals surface area contributed by atoms with Crippen LogP contribution in [0.1, 0.15) is 34.0 Å². The first kappa shape index (κ1) is 20.9. The fourth-order valence-corrected chi connectivity index (χ4v) is 4.12. The second kappa shape index (κ2) is 8.90. The molecule has 3 heterocycles. The summed E-state index contributed by atoms with van der Waals surface area (Å²) < 4.78 is 28.4. The van der Waals surface area contributed by atoms with E-state index in [-0.39, 0.29) is 17.7 Å². The summed E-state index contributed by atoms with van der Waals surface area (Å²) >= 11 is 0. The van der Waals surface area contributed by atoms with Gasteiger partial charge in [0.15, 0.2) is 0 Å². The molecule has 0 radical (unpaired) electrons. The molecular formula is C27H22F2N4. The van der Waals surface area contributed by atoms with E-state index in [0.29, 0.717) is 24.3 Å². The number of anilines is 1. The molecular weight excluding hydrogens is 418 g/mol. The highest BCUT2D eigenvalue weighted by Crippen LogP contribution is 2.30. The van der Waals surface area contributed by atoms with Gasteiger partial charge in [0.25, 0.3) is 0 Å². The topological polar surface area (TPSA) is 50.2 Å². The lowest BCUT2D eigenvalue weighted by atomic mass is 9.94. The number of nitrogens with one attached hydrogen (secondary N) is 1. The van der Waals surface area contributed by atoms with Crippen LogP contribution in [0.4, 0.5) is 14.6 Å². The van der Waals surface area contributed by atoms with E-state index in [1.807, 2.05) is 31.2 Å². The molecule has 164 valence electrons. The Morgan fingerprint density at radius 1 is 0.970 bits per heavy atom. The zero-order valence-electron chi connectivity index (χ0n) is 18.1. The van der Waals surface area contributed by atoms with Gasteiger partial charge in [-0.3, -0.25) is 9.98 Å². The van der Waals surface area contributed by atoms with Crippen LogP contribution in [-0.4, -0.2) is 16.2 Å². The van der Waals surface area contributed by atoms with E-state index < -0.39 is 0 Å². The van der Waals surface area contributed by atoms with Gasteiger partial charge in [-0.2, -0.15) is 0 Å². The van der Waals surface area contributed by atoms with Gasteiger partial charge in [-0.1, -0.05) is 24.3 Å². The van der Waals surface area contributed by atoms with Gasteiger partial charge in [0.05, 0.1) is 6.04 Å². The van der Waals surface area contributed by atoms with Crippen LogP contribution in [0.25, 0.3) is 11.1 Å². The molecule has 2 aromatic heterocycles. The van der Waals surface area contributed by atoms with Crippen LogP contribution in [-0.2, 0) is 13.0 Å². The van der Waals surface area contributed by atoms with Crippen LogP contribution < -0.4 is 5.32 Å². The molecule has 1 aliphatic rings. The Morgan fingerprint density at radius 3 is 2.67 bits per heavy atom. The molecule has 1 atom stereocenters. The van der Waals surface area contributed by atoms with Crippen molar-refractivity contribution in [3.05, 3.63) is 113 Å². The van der Waals surface area contributed by atoms with E-state index in [1.165, 1.54) is 12.1 Å². The minimum absolute atomic E-state index is 0.123. The van der Waals surface area contributed by atoms with Crippen molar-refractivity contribution in [1.29, 1.82) is 0 Å². The van der Waals surface area contributed by atoms with Crippen molar-refractivity contribution in [3.8, 4) is 11.1 Å². The Bertz CT molecular complexity index is 1350. The number of halogens is 2. The first-order chi connectivity index (χ1) is 16.1. The summed E-state index contributed by atoms with van der Waals surface area (Å²) in [6.45, 7) is 2.31. The molecule has 4 nitrogen and oxygen atoms in total. The molecule has 0 saturated carbocycles. The van der Waals surface area contributed by atoms with Gasteiger partial charge in [-0.15, -0.1) is 0 Å². The van der Waals surface area contributed by atoms with Gasteiger partial charge >= 0.3 is 0 Å². The number of aromatic nitrogens is 2. The number of benzene rings is 2. The number of hydrogen-bond donors (Lipinski definition) is 1. The Labute approximate surface area is 191 Å². The lowest BCUT2D eigenvalue weighted by Gasteiger charge is -2.21. The Balaban J connectivity index is 1.32. The highest BCUT2D eigenvalue weighted by atomic mass is 19.1. The van der Waals surface area contributed by atoms with Gasteiger partial charge in [0.2, 0.25) is 0 Å². The number of aryl methyl sites for hydroxylation is 1. The van der Waals surface area contributed by atoms with E-state index in [4.69, 9.17) is 0 Å². The number of hydrogen-bond acceptors (Lipinski definition) is 4. The fraction of sp³-hybridized carbons (Fsp3) is 0.148. The minimum Gasteiger partial charge on any atom is -0.365 e. The molecule has 0 aliphatic carbocycles. The van der Waals surface area contributed by atoms with Crippen LogP contribution in [0.5, 0.6) is 0 Å². The van der Waals surface area contributed by atoms with Gasteiger partial charge in [-0.25, -0.2) is 13.8 Å². The maximum Gasteiger partial charge on any atom is 0.135 e. The molecule has 33 heavy (non-hydrogen) atoms. The van der Waals surface area contributed by atoms with Crippen LogP contribution in [0.3, 0.4) is 0 Å². The molecule has 0 bridgehead atoms. The van der Waals surface area contributed by atoms with E-state index in [1.54, 1.807) is 42.9 Å². The lowest BCUT2D eigenvalue weighted by Crippen LogP contribution is -2.13. The van der Waals surface area contributed by atoms with E-state index in [9.17, 15) is 8.78 Å². The third-order valence-electron chi connectivity index (χ3n) is 5.81. The van der Waals surface area contributed by atoms with Gasteiger partial charge in [-0.05, 0) is 72.0 Å². The third kappa shape index (κ3) is 4.51. The molecule has 5 rings (SSSR count). The summed E-state index contributed by atoms with van der Waals surface area (Å²) in [6, 6.07) is 17.3. The van der Waals surface area contributed by atoms with Crippen molar-refractivity contribution in [2.75, 3.05) is 5.32 Å². The van der Waals surface area contributed by atoms with Crippen molar-refractivity contribution in [3.63, 3.8) is 0 Å². The number of aliphatic imine (C=N–C) groups is 1. The summed E-state index contributed by atoms with van der Waals surface area (Å²) in [4.78, 5) is 13.3. The number of rotatable bonds is 5. The Morgan fingerprint density at radius 2 is 1.85 bits per heavy atom. The maximum absolute atomic E-state index is 14.8. The Kier molecular flexibility index (Phi) is 5.65. The number of nitrogens with zero attached hydrogens (tertiary/aromatic N) is 3. The first-order valence-electron chi connectivity index (χ1n) is 10.8. The molecule has 0 fully saturated rings. The van der Waals surface area contributed by atoms with E-state index in [0.717, 1.165) is 33.5 Å². The van der Waals surface area contributed by atoms with Crippen molar-refractivity contribution in [2.24, 2.45) is 4.99 Å². The maximum atomic E-state index is 14.8. The molecule has 0 amide bonds. The second-order valence-electron chi connectivity index (χ2n) is 8.14. The molecule has 1 N–H and O–H groups in total. The second-order valence-corrected chi connectivity index (χ2v) is 8.14. The smallest absolute Gasteiger partial charge is 0.135 e. The molecule has 2 aromatic carbocycles. The highest BCUT2D eigenvalue weighted by molar-refractivity contribution is 5.89. The van der Waals surface area contributed by atoms with Gasteiger partial charge in [0.1, 0.15) is 17.5 Å². The van der Waals surface area contributed by atoms with Crippen LogP contribution >= 0.6 is 0 Å². The standard InChI is InChI=1S/C27H22F2N4/c1-17-11-19(7-9-30-17)23-6-5-18(12-25(23)29)15-33-27-24-16-32-26(14-20(24)8-10-31-27)21-3-2-4-22(28)13-21/h2-13,16,26H,14-15H2,1H3,(H,31,33). The summed E-state index contributed by atoms with van der Waals surface area (Å²) in [5, 5.41) is 3.31. The molecule has 1 unspecified atom stereocenters. The Hall–Kier alpha value is -3.93. The van der Waals surface area contributed by atoms with Crippen LogP contribution in [0.2, 0.25) is 0 Å². The van der Waals surface area contributed by atoms with E-state index in [2.05, 4.69) is 20.3 Å². The summed E-state index contributed by atoms with van der Waals surface area (Å²) in [6.07, 6.45) is 5.89. The molecule has 1 aliphatic heterocycles. The van der Waals surface area contributed by atoms with Crippen LogP contribution in [0, 0.1) is 18.6 Å². The predicted octanol–water partition coefficient (Wildman–Crippen LogP) is 6.06. The normalized spacial score (nSPS) is 14.7. The average molecular weight is 440 g/mol. The average Bonchev–Trinajstić information content (AvgIpc) is 2.82. The van der Waals surface area contributed by atoms with Crippen molar-refractivity contribution < 1.29 is 8.78 Å². The molecule has 0 saturated heterocycles. The summed E-state index contributed by atoms with van der Waals surface area (Å²) in [5.41, 5.74) is 5.87. The molecule has 6 heteroatoms. The van der Waals surface area contributed by atoms with Crippen molar-refractivity contribution in [2.45, 2.75) is 25.9 Å². The van der Waals surface area contributed by atoms with E-state index >= 15 is 0 Å². The van der Waals surface area contributed by atoms with Crippen LogP contribution in [0.15, 0.2) is 78.0 Å². The highest BCUT2D eigenvalue weighted by Gasteiger charge is 2.20. The predicted molar refractivity (Wildman–Crippen MR) is 126 cm³/mol. The zero-order chi connectivity index (χ0) is 22.8. The summed E-state index contributed by atoms with van der Waals surface area (Å²) in [5.74, 6) is 0.161. The monoisotopic (exact) mass is 440 g/mol. The quantitative estimate of drug-likeness (QED) is 0.410. The largest absolute Gasteiger partial charge is 0.365 e. The van der Waals surface area contributed by atoms with Crippen molar-refractivity contribution in [1.82, 2.24) is 9.97 Å². The zero-order valence-corrected chi connectivity index (χ0v) is 18.1. The molecule has 0 spiro atoms. The minimum atomic E-state index is -0.276. The number of fused-ring (bicyclic) bond motifs is 1. The van der Waals surface area contributed by atoms with Gasteiger partial charge < -0.3 is 5.32 Å². The van der Waals surface area contributed by atoms with Gasteiger partial charge in [0, 0.05) is 42.0 Å². The first-order valence-corrected chi connectivity index (χ1v) is 10.8. The lowest BCUT2D eigenvalue weighted by molar-refractivity contribution is 0.618.